The standard InChI is InChI=1S/C7H9N3O.ClH/c11-7-5-3-8-2-1-6(5)9-4-10-7;/h4,8H,1-3H2,(H,9,10,11);1H. The molecular weight excluding hydrogens is 178 g/mol. The second-order valence-corrected chi connectivity index (χ2v) is 2.58. The second-order valence-electron chi connectivity index (χ2n) is 2.58. The second kappa shape index (κ2) is 3.69. The molecule has 1 aromatic rings. The van der Waals surface area contributed by atoms with E-state index in [4.69, 9.17) is 0 Å². The molecule has 0 aromatic carbocycles. The molecule has 1 aliphatic rings. The summed E-state index contributed by atoms with van der Waals surface area (Å²) in [4.78, 5) is 17.8. The molecule has 0 fully saturated rings. The van der Waals surface area contributed by atoms with Gasteiger partial charge in [-0.2, -0.15) is 0 Å². The van der Waals surface area contributed by atoms with Crippen molar-refractivity contribution in [1.29, 1.82) is 0 Å². The molecule has 66 valence electrons. The zero-order chi connectivity index (χ0) is 7.68. The fourth-order valence-corrected chi connectivity index (χ4v) is 1.28. The Morgan fingerprint density at radius 1 is 1.50 bits per heavy atom. The van der Waals surface area contributed by atoms with Crippen LogP contribution < -0.4 is 10.9 Å². The Bertz CT molecular complexity index is 323. The molecule has 2 N–H and O–H groups in total. The van der Waals surface area contributed by atoms with Crippen molar-refractivity contribution < 1.29 is 0 Å². The summed E-state index contributed by atoms with van der Waals surface area (Å²) in [5.74, 6) is 0. The van der Waals surface area contributed by atoms with Gasteiger partial charge in [0.15, 0.2) is 0 Å². The van der Waals surface area contributed by atoms with E-state index in [1.165, 1.54) is 6.33 Å². The van der Waals surface area contributed by atoms with Gasteiger partial charge in [-0.25, -0.2) is 4.98 Å². The third kappa shape index (κ3) is 1.49. The van der Waals surface area contributed by atoms with Crippen LogP contribution in [0.15, 0.2) is 11.1 Å². The Morgan fingerprint density at radius 2 is 2.33 bits per heavy atom. The lowest BCUT2D eigenvalue weighted by Gasteiger charge is -2.13. The molecule has 0 radical (unpaired) electrons. The van der Waals surface area contributed by atoms with Gasteiger partial charge < -0.3 is 10.3 Å². The lowest BCUT2D eigenvalue weighted by atomic mass is 10.1. The minimum Gasteiger partial charge on any atom is -0.313 e. The average Bonchev–Trinajstić information content (AvgIpc) is 2.06. The van der Waals surface area contributed by atoms with Crippen LogP contribution in [0, 0.1) is 0 Å². The zero-order valence-electron chi connectivity index (χ0n) is 6.46. The maximum absolute atomic E-state index is 11.1. The summed E-state index contributed by atoms with van der Waals surface area (Å²) in [6.45, 7) is 1.57. The van der Waals surface area contributed by atoms with E-state index in [0.29, 0.717) is 6.54 Å². The Kier molecular flexibility index (Phi) is 2.83. The molecule has 1 aliphatic heterocycles. The molecule has 0 bridgehead atoms. The van der Waals surface area contributed by atoms with Crippen LogP contribution in [0.1, 0.15) is 11.3 Å². The highest BCUT2D eigenvalue weighted by atomic mass is 35.5. The number of fused-ring (bicyclic) bond motifs is 1. The maximum Gasteiger partial charge on any atom is 0.255 e. The summed E-state index contributed by atoms with van der Waals surface area (Å²) < 4.78 is 0. The predicted molar refractivity (Wildman–Crippen MR) is 47.5 cm³/mol. The van der Waals surface area contributed by atoms with Gasteiger partial charge in [0.05, 0.1) is 17.6 Å². The minimum atomic E-state index is -0.0119. The van der Waals surface area contributed by atoms with E-state index < -0.39 is 0 Å². The Labute approximate surface area is 75.8 Å². The van der Waals surface area contributed by atoms with Gasteiger partial charge in [-0.15, -0.1) is 12.4 Å². The van der Waals surface area contributed by atoms with Gasteiger partial charge in [-0.3, -0.25) is 4.79 Å². The Balaban J connectivity index is 0.000000720. The number of hydrogen-bond acceptors (Lipinski definition) is 3. The van der Waals surface area contributed by atoms with Crippen LogP contribution in [-0.4, -0.2) is 16.5 Å². The van der Waals surface area contributed by atoms with Crippen LogP contribution in [0.2, 0.25) is 0 Å². The van der Waals surface area contributed by atoms with E-state index in [2.05, 4.69) is 15.3 Å². The third-order valence-electron chi connectivity index (χ3n) is 1.88. The first-order chi connectivity index (χ1) is 5.38. The molecular formula is C7H10ClN3O. The molecule has 0 aliphatic carbocycles. The summed E-state index contributed by atoms with van der Waals surface area (Å²) in [6.07, 6.45) is 2.33. The largest absolute Gasteiger partial charge is 0.313 e. The lowest BCUT2D eigenvalue weighted by molar-refractivity contribution is 0.620. The fraction of sp³-hybridized carbons (Fsp3) is 0.429. The van der Waals surface area contributed by atoms with Crippen molar-refractivity contribution in [1.82, 2.24) is 15.3 Å². The van der Waals surface area contributed by atoms with E-state index in [9.17, 15) is 4.79 Å². The van der Waals surface area contributed by atoms with Crippen LogP contribution in [0.4, 0.5) is 0 Å². The molecule has 5 heteroatoms. The fourth-order valence-electron chi connectivity index (χ4n) is 1.28. The number of aromatic nitrogens is 2. The molecule has 12 heavy (non-hydrogen) atoms. The third-order valence-corrected chi connectivity index (χ3v) is 1.88. The molecule has 0 saturated heterocycles. The average molecular weight is 188 g/mol. The van der Waals surface area contributed by atoms with Gasteiger partial charge in [-0.1, -0.05) is 0 Å². The van der Waals surface area contributed by atoms with Crippen LogP contribution in [0.3, 0.4) is 0 Å². The number of halogens is 1. The molecule has 0 amide bonds. The highest BCUT2D eigenvalue weighted by Crippen LogP contribution is 2.03. The highest BCUT2D eigenvalue weighted by molar-refractivity contribution is 5.85. The molecule has 0 spiro atoms. The number of aromatic amines is 1. The number of H-pyrrole nitrogens is 1. The summed E-state index contributed by atoms with van der Waals surface area (Å²) in [6, 6.07) is 0. The maximum atomic E-state index is 11.1. The number of hydrogen-bond donors (Lipinski definition) is 2. The van der Waals surface area contributed by atoms with Crippen LogP contribution >= 0.6 is 12.4 Å². The molecule has 0 saturated carbocycles. The highest BCUT2D eigenvalue weighted by Gasteiger charge is 2.11. The Hall–Kier alpha value is -0.870. The van der Waals surface area contributed by atoms with Crippen molar-refractivity contribution >= 4 is 12.4 Å². The molecule has 0 unspecified atom stereocenters. The number of nitrogens with zero attached hydrogens (tertiary/aromatic N) is 1. The van der Waals surface area contributed by atoms with Gasteiger partial charge in [0, 0.05) is 19.5 Å². The van der Waals surface area contributed by atoms with Crippen molar-refractivity contribution in [3.8, 4) is 0 Å². The summed E-state index contributed by atoms with van der Waals surface area (Å²) >= 11 is 0. The first-order valence-corrected chi connectivity index (χ1v) is 3.64. The Morgan fingerprint density at radius 3 is 3.08 bits per heavy atom. The van der Waals surface area contributed by atoms with E-state index >= 15 is 0 Å². The molecule has 2 rings (SSSR count). The number of rotatable bonds is 0. The predicted octanol–water partition coefficient (Wildman–Crippen LogP) is -0.163. The van der Waals surface area contributed by atoms with E-state index in [-0.39, 0.29) is 18.0 Å². The first kappa shape index (κ1) is 9.22. The monoisotopic (exact) mass is 187 g/mol. The van der Waals surface area contributed by atoms with Gasteiger partial charge in [0.25, 0.3) is 5.56 Å². The zero-order valence-corrected chi connectivity index (χ0v) is 7.28. The molecule has 4 nitrogen and oxygen atoms in total. The van der Waals surface area contributed by atoms with Crippen LogP contribution in [-0.2, 0) is 13.0 Å². The van der Waals surface area contributed by atoms with Gasteiger partial charge in [0.1, 0.15) is 0 Å². The van der Waals surface area contributed by atoms with Gasteiger partial charge in [-0.05, 0) is 0 Å². The van der Waals surface area contributed by atoms with E-state index in [0.717, 1.165) is 24.2 Å². The SMILES string of the molecule is Cl.O=c1[nH]cnc2c1CNCC2. The lowest BCUT2D eigenvalue weighted by Crippen LogP contribution is -2.30. The van der Waals surface area contributed by atoms with Gasteiger partial charge >= 0.3 is 0 Å². The van der Waals surface area contributed by atoms with Crippen molar-refractivity contribution in [3.63, 3.8) is 0 Å². The van der Waals surface area contributed by atoms with E-state index in [1.807, 2.05) is 0 Å². The number of nitrogens with one attached hydrogen (secondary N) is 2. The quantitative estimate of drug-likeness (QED) is 0.594. The topological polar surface area (TPSA) is 57.8 Å². The smallest absolute Gasteiger partial charge is 0.255 e. The van der Waals surface area contributed by atoms with Crippen molar-refractivity contribution in [2.75, 3.05) is 6.54 Å². The molecule has 1 aromatic heterocycles. The molecule has 2 heterocycles. The van der Waals surface area contributed by atoms with Gasteiger partial charge in [0.2, 0.25) is 0 Å². The minimum absolute atomic E-state index is 0. The summed E-state index contributed by atoms with van der Waals surface area (Å²) in [5.41, 5.74) is 1.72. The van der Waals surface area contributed by atoms with Crippen molar-refractivity contribution in [2.24, 2.45) is 0 Å². The first-order valence-electron chi connectivity index (χ1n) is 3.64. The van der Waals surface area contributed by atoms with E-state index in [1.54, 1.807) is 0 Å². The van der Waals surface area contributed by atoms with Crippen molar-refractivity contribution in [2.45, 2.75) is 13.0 Å². The normalized spacial score (nSPS) is 14.7. The van der Waals surface area contributed by atoms with Crippen LogP contribution in [0.25, 0.3) is 0 Å². The summed E-state index contributed by atoms with van der Waals surface area (Å²) in [5, 5.41) is 3.12. The molecule has 0 atom stereocenters. The van der Waals surface area contributed by atoms with Crippen molar-refractivity contribution in [3.05, 3.63) is 27.9 Å². The summed E-state index contributed by atoms with van der Waals surface area (Å²) in [7, 11) is 0. The van der Waals surface area contributed by atoms with Crippen LogP contribution in [0.5, 0.6) is 0 Å².